The van der Waals surface area contributed by atoms with Gasteiger partial charge in [-0.2, -0.15) is 0 Å². The largest absolute Gasteiger partial charge is 0.494 e. The Labute approximate surface area is 159 Å². The summed E-state index contributed by atoms with van der Waals surface area (Å²) in [6.07, 6.45) is 0. The van der Waals surface area contributed by atoms with E-state index in [9.17, 15) is 0 Å². The number of rotatable bonds is 7. The number of anilines is 1. The highest BCUT2D eigenvalue weighted by Gasteiger charge is 2.17. The number of nitrogens with two attached hydrogens (primary N) is 1. The molecule has 0 radical (unpaired) electrons. The maximum Gasteiger partial charge on any atom is 0.193 e. The molecule has 7 heteroatoms. The van der Waals surface area contributed by atoms with Crippen molar-refractivity contribution in [3.63, 3.8) is 0 Å². The van der Waals surface area contributed by atoms with E-state index in [1.54, 1.807) is 11.3 Å². The standard InChI is InChI=1S/C19H28N4O2S/c1-6-24-14-8-9-16(25-7-2)15(10-14)23-18(20)21-11-13-12-26-17(22-13)19(3,4)5/h8-10,12H,6-7,11H2,1-5H3,(H3,20,21,23). The van der Waals surface area contributed by atoms with Crippen LogP contribution < -0.4 is 20.5 Å². The highest BCUT2D eigenvalue weighted by molar-refractivity contribution is 7.09. The molecule has 3 N–H and O–H groups in total. The van der Waals surface area contributed by atoms with E-state index in [4.69, 9.17) is 15.2 Å². The zero-order valence-electron chi connectivity index (χ0n) is 16.1. The van der Waals surface area contributed by atoms with Crippen molar-refractivity contribution in [2.75, 3.05) is 18.5 Å². The third kappa shape index (κ3) is 5.62. The molecule has 0 aliphatic carbocycles. The average Bonchev–Trinajstić information content (AvgIpc) is 3.05. The van der Waals surface area contributed by atoms with Crippen molar-refractivity contribution >= 4 is 23.0 Å². The molecule has 2 rings (SSSR count). The van der Waals surface area contributed by atoms with Crippen molar-refractivity contribution in [3.8, 4) is 11.5 Å². The molecule has 0 aliphatic heterocycles. The molecule has 0 fully saturated rings. The molecule has 1 aromatic carbocycles. The summed E-state index contributed by atoms with van der Waals surface area (Å²) >= 11 is 1.65. The monoisotopic (exact) mass is 376 g/mol. The van der Waals surface area contributed by atoms with Gasteiger partial charge in [0.2, 0.25) is 0 Å². The van der Waals surface area contributed by atoms with Gasteiger partial charge in [0.15, 0.2) is 5.96 Å². The van der Waals surface area contributed by atoms with Crippen LogP contribution >= 0.6 is 11.3 Å². The van der Waals surface area contributed by atoms with Crippen LogP contribution in [0.3, 0.4) is 0 Å². The topological polar surface area (TPSA) is 81.8 Å². The van der Waals surface area contributed by atoms with E-state index >= 15 is 0 Å². The number of nitrogens with zero attached hydrogens (tertiary/aromatic N) is 2. The molecule has 0 amide bonds. The highest BCUT2D eigenvalue weighted by Crippen LogP contribution is 2.29. The maximum atomic E-state index is 6.05. The predicted octanol–water partition coefficient (Wildman–Crippen LogP) is 4.16. The second-order valence-corrected chi connectivity index (χ2v) is 7.60. The molecular weight excluding hydrogens is 348 g/mol. The van der Waals surface area contributed by atoms with Gasteiger partial charge in [-0.15, -0.1) is 11.3 Å². The summed E-state index contributed by atoms with van der Waals surface area (Å²) in [5.74, 6) is 1.77. The summed E-state index contributed by atoms with van der Waals surface area (Å²) in [5.41, 5.74) is 7.74. The van der Waals surface area contributed by atoms with Crippen molar-refractivity contribution in [1.82, 2.24) is 4.98 Å². The van der Waals surface area contributed by atoms with Crippen LogP contribution in [0.4, 0.5) is 5.69 Å². The Hall–Kier alpha value is -2.28. The third-order valence-corrected chi connectivity index (χ3v) is 4.75. The van der Waals surface area contributed by atoms with Gasteiger partial charge in [0.25, 0.3) is 0 Å². The quantitative estimate of drug-likeness (QED) is 0.560. The van der Waals surface area contributed by atoms with Crippen molar-refractivity contribution in [1.29, 1.82) is 0 Å². The van der Waals surface area contributed by atoms with Crippen molar-refractivity contribution in [2.45, 2.75) is 46.6 Å². The molecule has 0 unspecified atom stereocenters. The number of aromatic nitrogens is 1. The van der Waals surface area contributed by atoms with Crippen LogP contribution in [-0.4, -0.2) is 24.2 Å². The molecule has 0 aliphatic rings. The molecule has 2 aromatic rings. The number of guanidine groups is 1. The van der Waals surface area contributed by atoms with E-state index in [0.717, 1.165) is 22.1 Å². The van der Waals surface area contributed by atoms with Crippen molar-refractivity contribution < 1.29 is 9.47 Å². The fraction of sp³-hybridized carbons (Fsp3) is 0.474. The number of benzene rings is 1. The van der Waals surface area contributed by atoms with Gasteiger partial charge in [0, 0.05) is 16.9 Å². The number of hydrogen-bond donors (Lipinski definition) is 2. The maximum absolute atomic E-state index is 6.05. The zero-order chi connectivity index (χ0) is 19.2. The second kappa shape index (κ2) is 8.89. The van der Waals surface area contributed by atoms with E-state index in [0.29, 0.717) is 31.5 Å². The summed E-state index contributed by atoms with van der Waals surface area (Å²) in [6.45, 7) is 11.9. The summed E-state index contributed by atoms with van der Waals surface area (Å²) in [6, 6.07) is 5.59. The normalized spacial score (nSPS) is 12.1. The molecule has 6 nitrogen and oxygen atoms in total. The summed E-state index contributed by atoms with van der Waals surface area (Å²) in [4.78, 5) is 9.02. The SMILES string of the molecule is CCOc1ccc(OCC)c(NC(N)=NCc2csc(C(C)(C)C)n2)c1. The lowest BCUT2D eigenvalue weighted by atomic mass is 9.98. The molecule has 0 saturated heterocycles. The van der Waals surface area contributed by atoms with E-state index in [-0.39, 0.29) is 5.41 Å². The lowest BCUT2D eigenvalue weighted by Gasteiger charge is -2.14. The van der Waals surface area contributed by atoms with Crippen LogP contribution in [0.2, 0.25) is 0 Å². The van der Waals surface area contributed by atoms with Crippen LogP contribution in [-0.2, 0) is 12.0 Å². The van der Waals surface area contributed by atoms with Gasteiger partial charge in [0.1, 0.15) is 11.5 Å². The number of aliphatic imine (C=N–C) groups is 1. The first-order chi connectivity index (χ1) is 12.3. The molecule has 1 aromatic heterocycles. The molecule has 0 saturated carbocycles. The highest BCUT2D eigenvalue weighted by atomic mass is 32.1. The van der Waals surface area contributed by atoms with Gasteiger partial charge < -0.3 is 20.5 Å². The van der Waals surface area contributed by atoms with E-state index < -0.39 is 0 Å². The lowest BCUT2D eigenvalue weighted by molar-refractivity contribution is 0.332. The molecule has 0 bridgehead atoms. The minimum Gasteiger partial charge on any atom is -0.494 e. The van der Waals surface area contributed by atoms with Crippen LogP contribution in [0.1, 0.15) is 45.3 Å². The minimum absolute atomic E-state index is 0.0442. The summed E-state index contributed by atoms with van der Waals surface area (Å²) in [7, 11) is 0. The van der Waals surface area contributed by atoms with Gasteiger partial charge in [-0.1, -0.05) is 20.8 Å². The third-order valence-electron chi connectivity index (χ3n) is 3.43. The molecule has 0 atom stereocenters. The summed E-state index contributed by atoms with van der Waals surface area (Å²) in [5, 5.41) is 6.22. The van der Waals surface area contributed by atoms with Gasteiger partial charge in [-0.25, -0.2) is 9.98 Å². The molecule has 0 spiro atoms. The number of nitrogens with one attached hydrogen (secondary N) is 1. The van der Waals surface area contributed by atoms with Gasteiger partial charge >= 0.3 is 0 Å². The van der Waals surface area contributed by atoms with Gasteiger partial charge in [-0.05, 0) is 26.0 Å². The fourth-order valence-corrected chi connectivity index (χ4v) is 3.11. The first kappa shape index (κ1) is 20.0. The Balaban J connectivity index is 2.10. The smallest absolute Gasteiger partial charge is 0.193 e. The van der Waals surface area contributed by atoms with E-state index in [2.05, 4.69) is 36.1 Å². The predicted molar refractivity (Wildman–Crippen MR) is 109 cm³/mol. The number of thiazole rings is 1. The lowest BCUT2D eigenvalue weighted by Crippen LogP contribution is -2.23. The van der Waals surface area contributed by atoms with Crippen molar-refractivity contribution in [2.24, 2.45) is 10.7 Å². The minimum atomic E-state index is 0.0442. The zero-order valence-corrected chi connectivity index (χ0v) is 16.9. The first-order valence-electron chi connectivity index (χ1n) is 8.75. The van der Waals surface area contributed by atoms with Crippen LogP contribution in [0.25, 0.3) is 0 Å². The Morgan fingerprint density at radius 2 is 1.96 bits per heavy atom. The Morgan fingerprint density at radius 3 is 2.58 bits per heavy atom. The molecule has 142 valence electrons. The van der Waals surface area contributed by atoms with Crippen molar-refractivity contribution in [3.05, 3.63) is 34.3 Å². The Morgan fingerprint density at radius 1 is 1.23 bits per heavy atom. The fourth-order valence-electron chi connectivity index (χ4n) is 2.21. The average molecular weight is 377 g/mol. The van der Waals surface area contributed by atoms with Crippen LogP contribution in [0.15, 0.2) is 28.6 Å². The van der Waals surface area contributed by atoms with E-state index in [1.165, 1.54) is 0 Å². The van der Waals surface area contributed by atoms with Gasteiger partial charge in [-0.3, -0.25) is 0 Å². The Bertz CT molecular complexity index is 750. The molecular formula is C19H28N4O2S. The molecule has 1 heterocycles. The Kier molecular flexibility index (Phi) is 6.85. The van der Waals surface area contributed by atoms with Crippen LogP contribution in [0.5, 0.6) is 11.5 Å². The number of ether oxygens (including phenoxy) is 2. The first-order valence-corrected chi connectivity index (χ1v) is 9.63. The molecule has 26 heavy (non-hydrogen) atoms. The number of hydrogen-bond acceptors (Lipinski definition) is 5. The van der Waals surface area contributed by atoms with Crippen LogP contribution in [0, 0.1) is 0 Å². The second-order valence-electron chi connectivity index (χ2n) is 6.74. The summed E-state index contributed by atoms with van der Waals surface area (Å²) < 4.78 is 11.2. The van der Waals surface area contributed by atoms with E-state index in [1.807, 2.05) is 37.4 Å². The van der Waals surface area contributed by atoms with Gasteiger partial charge in [0.05, 0.1) is 36.1 Å².